The van der Waals surface area contributed by atoms with Crippen LogP contribution in [0.2, 0.25) is 0 Å². The van der Waals surface area contributed by atoms with Gasteiger partial charge in [-0.05, 0) is 60.2 Å². The summed E-state index contributed by atoms with van der Waals surface area (Å²) in [5, 5.41) is 13.7. The van der Waals surface area contributed by atoms with Crippen molar-refractivity contribution < 1.29 is 9.53 Å². The number of nitrogens with zero attached hydrogens (tertiary/aromatic N) is 3. The number of anilines is 2. The van der Waals surface area contributed by atoms with Crippen LogP contribution >= 0.6 is 0 Å². The van der Waals surface area contributed by atoms with Gasteiger partial charge in [0, 0.05) is 50.4 Å². The molecule has 0 radical (unpaired) electrons. The second-order valence-corrected chi connectivity index (χ2v) is 9.66. The standard InChI is InChI=1S/C30H34N6O2/c1-31-25-10-5-9-22(14-25)21-8-4-7-20(13-21)19-38-28-12-6-11-27(28)35-30(37)26-15-23(16-33-29(26)32-2)24-17-34-36(3)18-24/h4-5,7-10,13-18,27-28,31H,6,11-12,19H2,1-3H3,(H,32,33)(H,35,37)/t27-,28-/m0/s1. The summed E-state index contributed by atoms with van der Waals surface area (Å²) in [6, 6.07) is 18.6. The molecule has 0 aliphatic heterocycles. The summed E-state index contributed by atoms with van der Waals surface area (Å²) < 4.78 is 8.09. The van der Waals surface area contributed by atoms with Crippen LogP contribution in [0.3, 0.4) is 0 Å². The average Bonchev–Trinajstić information content (AvgIpc) is 3.60. The summed E-state index contributed by atoms with van der Waals surface area (Å²) in [7, 11) is 5.56. The predicted molar refractivity (Wildman–Crippen MR) is 151 cm³/mol. The van der Waals surface area contributed by atoms with Gasteiger partial charge in [0.15, 0.2) is 0 Å². The van der Waals surface area contributed by atoms with Crippen molar-refractivity contribution in [3.05, 3.63) is 84.3 Å². The normalized spacial score (nSPS) is 16.8. The first-order valence-corrected chi connectivity index (χ1v) is 13.0. The van der Waals surface area contributed by atoms with Gasteiger partial charge in [-0.3, -0.25) is 9.48 Å². The van der Waals surface area contributed by atoms with E-state index in [0.717, 1.165) is 52.8 Å². The molecular formula is C30H34N6O2. The molecule has 8 heteroatoms. The monoisotopic (exact) mass is 510 g/mol. The molecule has 0 unspecified atom stereocenters. The highest BCUT2D eigenvalue weighted by atomic mass is 16.5. The predicted octanol–water partition coefficient (Wildman–Crippen LogP) is 5.10. The van der Waals surface area contributed by atoms with Crippen molar-refractivity contribution in [3.63, 3.8) is 0 Å². The van der Waals surface area contributed by atoms with Gasteiger partial charge in [-0.2, -0.15) is 5.10 Å². The molecule has 1 saturated carbocycles. The molecule has 0 saturated heterocycles. The number of ether oxygens (including phenoxy) is 1. The third-order valence-corrected chi connectivity index (χ3v) is 7.05. The third kappa shape index (κ3) is 5.70. The molecule has 4 aromatic rings. The van der Waals surface area contributed by atoms with E-state index in [9.17, 15) is 4.79 Å². The number of rotatable bonds is 9. The molecule has 3 N–H and O–H groups in total. The summed E-state index contributed by atoms with van der Waals surface area (Å²) in [5.74, 6) is 0.393. The van der Waals surface area contributed by atoms with Crippen LogP contribution in [-0.2, 0) is 18.4 Å². The Kier molecular flexibility index (Phi) is 7.70. The Labute approximate surface area is 223 Å². The Morgan fingerprint density at radius 3 is 2.55 bits per heavy atom. The fraction of sp³-hybridized carbons (Fsp3) is 0.300. The second-order valence-electron chi connectivity index (χ2n) is 9.66. The highest BCUT2D eigenvalue weighted by Gasteiger charge is 2.30. The zero-order chi connectivity index (χ0) is 26.5. The molecule has 2 aromatic heterocycles. The number of nitrogens with one attached hydrogen (secondary N) is 3. The largest absolute Gasteiger partial charge is 0.388 e. The number of carbonyl (C=O) groups excluding carboxylic acids is 1. The van der Waals surface area contributed by atoms with Crippen molar-refractivity contribution in [2.75, 3.05) is 24.7 Å². The molecule has 2 aromatic carbocycles. The van der Waals surface area contributed by atoms with Crippen LogP contribution in [0.4, 0.5) is 11.5 Å². The lowest BCUT2D eigenvalue weighted by molar-refractivity contribution is 0.0272. The lowest BCUT2D eigenvalue weighted by atomic mass is 10.0. The van der Waals surface area contributed by atoms with E-state index < -0.39 is 0 Å². The topological polar surface area (TPSA) is 93.1 Å². The van der Waals surface area contributed by atoms with E-state index in [-0.39, 0.29) is 18.1 Å². The van der Waals surface area contributed by atoms with Crippen LogP contribution < -0.4 is 16.0 Å². The van der Waals surface area contributed by atoms with E-state index >= 15 is 0 Å². The number of hydrogen-bond acceptors (Lipinski definition) is 6. The van der Waals surface area contributed by atoms with Crippen molar-refractivity contribution in [2.24, 2.45) is 7.05 Å². The Morgan fingerprint density at radius 1 is 0.974 bits per heavy atom. The van der Waals surface area contributed by atoms with E-state index in [2.05, 4.69) is 74.6 Å². The molecule has 2 heterocycles. The highest BCUT2D eigenvalue weighted by molar-refractivity contribution is 6.00. The van der Waals surface area contributed by atoms with Crippen molar-refractivity contribution in [2.45, 2.75) is 38.0 Å². The zero-order valence-electron chi connectivity index (χ0n) is 22.1. The first-order chi connectivity index (χ1) is 18.5. The fourth-order valence-electron chi connectivity index (χ4n) is 5.00. The van der Waals surface area contributed by atoms with E-state index in [1.165, 1.54) is 0 Å². The van der Waals surface area contributed by atoms with Gasteiger partial charge in [0.25, 0.3) is 5.91 Å². The molecule has 38 heavy (non-hydrogen) atoms. The molecule has 196 valence electrons. The number of benzene rings is 2. The van der Waals surface area contributed by atoms with Gasteiger partial charge in [-0.25, -0.2) is 4.98 Å². The van der Waals surface area contributed by atoms with Crippen LogP contribution in [0.5, 0.6) is 0 Å². The SMILES string of the molecule is CNc1cccc(-c2cccc(CO[C@H]3CCC[C@@H]3NC(=O)c3cc(-c4cnn(C)c4)cnc3NC)c2)c1. The van der Waals surface area contributed by atoms with Gasteiger partial charge in [-0.15, -0.1) is 0 Å². The van der Waals surface area contributed by atoms with Crippen LogP contribution in [0.25, 0.3) is 22.3 Å². The maximum atomic E-state index is 13.4. The molecule has 1 aliphatic carbocycles. The van der Waals surface area contributed by atoms with Gasteiger partial charge < -0.3 is 20.7 Å². The van der Waals surface area contributed by atoms with Gasteiger partial charge in [-0.1, -0.05) is 30.3 Å². The van der Waals surface area contributed by atoms with Gasteiger partial charge in [0.1, 0.15) is 5.82 Å². The third-order valence-electron chi connectivity index (χ3n) is 7.05. The number of aromatic nitrogens is 3. The number of carbonyl (C=O) groups is 1. The molecule has 0 spiro atoms. The summed E-state index contributed by atoms with van der Waals surface area (Å²) in [6.45, 7) is 0.496. The van der Waals surface area contributed by atoms with Gasteiger partial charge in [0.2, 0.25) is 0 Å². The molecule has 5 rings (SSSR count). The van der Waals surface area contributed by atoms with Crippen molar-refractivity contribution in [1.82, 2.24) is 20.1 Å². The van der Waals surface area contributed by atoms with Crippen LogP contribution in [0.15, 0.2) is 73.2 Å². The Hall–Kier alpha value is -4.17. The first-order valence-electron chi connectivity index (χ1n) is 13.0. The number of amides is 1. The maximum absolute atomic E-state index is 13.4. The Morgan fingerprint density at radius 2 is 1.79 bits per heavy atom. The molecular weight excluding hydrogens is 476 g/mol. The van der Waals surface area contributed by atoms with Crippen molar-refractivity contribution in [1.29, 1.82) is 0 Å². The lowest BCUT2D eigenvalue weighted by Gasteiger charge is -2.22. The van der Waals surface area contributed by atoms with Crippen molar-refractivity contribution >= 4 is 17.4 Å². The smallest absolute Gasteiger partial charge is 0.255 e. The van der Waals surface area contributed by atoms with Crippen LogP contribution in [0, 0.1) is 0 Å². The minimum atomic E-state index is -0.153. The van der Waals surface area contributed by atoms with E-state index in [1.807, 2.05) is 26.4 Å². The zero-order valence-corrected chi connectivity index (χ0v) is 22.1. The lowest BCUT2D eigenvalue weighted by Crippen LogP contribution is -2.41. The number of aryl methyl sites for hydroxylation is 1. The van der Waals surface area contributed by atoms with E-state index in [0.29, 0.717) is 18.0 Å². The summed E-state index contributed by atoms with van der Waals surface area (Å²) in [5.41, 5.74) is 6.78. The van der Waals surface area contributed by atoms with Crippen LogP contribution in [-0.4, -0.2) is 46.9 Å². The number of hydrogen-bond donors (Lipinski definition) is 3. The summed E-state index contributed by atoms with van der Waals surface area (Å²) in [4.78, 5) is 17.8. The van der Waals surface area contributed by atoms with E-state index in [4.69, 9.17) is 4.74 Å². The highest BCUT2D eigenvalue weighted by Crippen LogP contribution is 2.28. The molecule has 0 bridgehead atoms. The second kappa shape index (κ2) is 11.5. The van der Waals surface area contributed by atoms with Gasteiger partial charge in [0.05, 0.1) is 30.5 Å². The van der Waals surface area contributed by atoms with E-state index in [1.54, 1.807) is 24.1 Å². The minimum Gasteiger partial charge on any atom is -0.388 e. The first kappa shape index (κ1) is 25.5. The van der Waals surface area contributed by atoms with Gasteiger partial charge >= 0.3 is 0 Å². The molecule has 2 atom stereocenters. The summed E-state index contributed by atoms with van der Waals surface area (Å²) >= 11 is 0. The maximum Gasteiger partial charge on any atom is 0.255 e. The number of pyridine rings is 1. The molecule has 1 amide bonds. The average molecular weight is 511 g/mol. The Balaban J connectivity index is 1.26. The van der Waals surface area contributed by atoms with Crippen molar-refractivity contribution in [3.8, 4) is 22.3 Å². The molecule has 8 nitrogen and oxygen atoms in total. The quantitative estimate of drug-likeness (QED) is 0.290. The fourth-order valence-corrected chi connectivity index (χ4v) is 5.00. The Bertz CT molecular complexity index is 1420. The molecule has 1 aliphatic rings. The molecule has 1 fully saturated rings. The summed E-state index contributed by atoms with van der Waals surface area (Å²) in [6.07, 6.45) is 8.21. The minimum absolute atomic E-state index is 0.0391. The van der Waals surface area contributed by atoms with Crippen LogP contribution in [0.1, 0.15) is 35.2 Å².